The van der Waals surface area contributed by atoms with Gasteiger partial charge in [0.2, 0.25) is 0 Å². The van der Waals surface area contributed by atoms with Crippen LogP contribution in [0.5, 0.6) is 0 Å². The van der Waals surface area contributed by atoms with Crippen molar-refractivity contribution in [2.75, 3.05) is 5.32 Å². The van der Waals surface area contributed by atoms with Gasteiger partial charge in [-0.2, -0.15) is 13.2 Å². The van der Waals surface area contributed by atoms with Gasteiger partial charge in [-0.15, -0.1) is 11.3 Å². The summed E-state index contributed by atoms with van der Waals surface area (Å²) < 4.78 is 39.6. The molecular weight excluding hydrogens is 393 g/mol. The molecule has 0 amide bonds. The minimum absolute atomic E-state index is 0.00350. The van der Waals surface area contributed by atoms with Gasteiger partial charge in [0.25, 0.3) is 0 Å². The van der Waals surface area contributed by atoms with E-state index in [2.05, 4.69) is 34.6 Å². The average Bonchev–Trinajstić information content (AvgIpc) is 3.31. The van der Waals surface area contributed by atoms with Gasteiger partial charge in [0, 0.05) is 10.9 Å². The standard InChI is InChI=1S/C23H15F3N2S/c24-23(25,26)19-7-3-4-8-20(19)27-22-28-21(13-29-22)16-10-9-15-11-14-5-1-2-6-17(14)18(15)12-16/h1-10,12-13H,11H2,(H,27,28). The molecule has 0 saturated carbocycles. The molecule has 1 aromatic heterocycles. The molecular formula is C23H15F3N2S. The van der Waals surface area contributed by atoms with Crippen molar-refractivity contribution in [3.05, 3.63) is 88.8 Å². The van der Waals surface area contributed by atoms with Crippen LogP contribution in [0.4, 0.5) is 24.0 Å². The predicted molar refractivity (Wildman–Crippen MR) is 111 cm³/mol. The Labute approximate surface area is 169 Å². The third-order valence-electron chi connectivity index (χ3n) is 5.07. The molecule has 0 radical (unpaired) electrons. The van der Waals surface area contributed by atoms with Crippen molar-refractivity contribution >= 4 is 22.2 Å². The van der Waals surface area contributed by atoms with Crippen molar-refractivity contribution in [1.82, 2.24) is 4.98 Å². The fourth-order valence-corrected chi connectivity index (χ4v) is 4.43. The number of anilines is 2. The number of rotatable bonds is 3. The number of halogens is 3. The van der Waals surface area contributed by atoms with Crippen LogP contribution in [0.25, 0.3) is 22.4 Å². The van der Waals surface area contributed by atoms with Crippen LogP contribution in [0, 0.1) is 0 Å². The summed E-state index contributed by atoms with van der Waals surface area (Å²) in [6.45, 7) is 0. The van der Waals surface area contributed by atoms with Crippen molar-refractivity contribution in [3.8, 4) is 22.4 Å². The van der Waals surface area contributed by atoms with Gasteiger partial charge in [0.05, 0.1) is 16.9 Å². The predicted octanol–water partition coefficient (Wildman–Crippen LogP) is 7.14. The summed E-state index contributed by atoms with van der Waals surface area (Å²) in [5, 5.41) is 5.12. The summed E-state index contributed by atoms with van der Waals surface area (Å²) in [4.78, 5) is 4.52. The lowest BCUT2D eigenvalue weighted by Gasteiger charge is -2.12. The van der Waals surface area contributed by atoms with Gasteiger partial charge in [-0.3, -0.25) is 0 Å². The maximum Gasteiger partial charge on any atom is 0.418 e. The Bertz CT molecular complexity index is 1210. The summed E-state index contributed by atoms with van der Waals surface area (Å²) in [7, 11) is 0. The number of aromatic nitrogens is 1. The Balaban J connectivity index is 1.46. The molecule has 144 valence electrons. The van der Waals surface area contributed by atoms with Crippen LogP contribution >= 0.6 is 11.3 Å². The Kier molecular flexibility index (Phi) is 4.17. The summed E-state index contributed by atoms with van der Waals surface area (Å²) in [6, 6.07) is 20.0. The SMILES string of the molecule is FC(F)(F)c1ccccc1Nc1nc(-c2ccc3c(c2)-c2ccccc2C3)cs1. The smallest absolute Gasteiger partial charge is 0.331 e. The molecule has 0 atom stereocenters. The van der Waals surface area contributed by atoms with Crippen LogP contribution in [-0.4, -0.2) is 4.98 Å². The van der Waals surface area contributed by atoms with Gasteiger partial charge in [0.15, 0.2) is 5.13 Å². The zero-order valence-corrected chi connectivity index (χ0v) is 15.9. The number of nitrogens with zero attached hydrogens (tertiary/aromatic N) is 1. The zero-order chi connectivity index (χ0) is 20.0. The van der Waals surface area contributed by atoms with E-state index in [9.17, 15) is 13.2 Å². The van der Waals surface area contributed by atoms with Gasteiger partial charge >= 0.3 is 6.18 Å². The summed E-state index contributed by atoms with van der Waals surface area (Å²) >= 11 is 1.29. The Morgan fingerprint density at radius 1 is 0.862 bits per heavy atom. The molecule has 3 aromatic carbocycles. The molecule has 1 aliphatic rings. The van der Waals surface area contributed by atoms with E-state index in [0.717, 1.165) is 23.7 Å². The molecule has 0 aliphatic heterocycles. The van der Waals surface area contributed by atoms with E-state index in [4.69, 9.17) is 0 Å². The molecule has 4 aromatic rings. The molecule has 2 nitrogen and oxygen atoms in total. The first kappa shape index (κ1) is 17.9. The van der Waals surface area contributed by atoms with E-state index in [1.807, 2.05) is 23.6 Å². The second-order valence-corrected chi connectivity index (χ2v) is 7.77. The zero-order valence-electron chi connectivity index (χ0n) is 15.1. The van der Waals surface area contributed by atoms with Gasteiger partial charge in [-0.25, -0.2) is 4.98 Å². The first-order valence-corrected chi connectivity index (χ1v) is 9.97. The minimum atomic E-state index is -4.42. The second-order valence-electron chi connectivity index (χ2n) is 6.91. The van der Waals surface area contributed by atoms with Gasteiger partial charge < -0.3 is 5.32 Å². The van der Waals surface area contributed by atoms with Crippen LogP contribution in [0.3, 0.4) is 0 Å². The molecule has 1 N–H and O–H groups in total. The molecule has 6 heteroatoms. The average molecular weight is 408 g/mol. The lowest BCUT2D eigenvalue weighted by molar-refractivity contribution is -0.136. The highest BCUT2D eigenvalue weighted by atomic mass is 32.1. The van der Waals surface area contributed by atoms with Gasteiger partial charge in [0.1, 0.15) is 0 Å². The molecule has 0 bridgehead atoms. The highest BCUT2D eigenvalue weighted by Gasteiger charge is 2.33. The molecule has 1 aliphatic carbocycles. The van der Waals surface area contributed by atoms with Gasteiger partial charge in [-0.05, 0) is 46.9 Å². The summed E-state index contributed by atoms with van der Waals surface area (Å²) in [6.07, 6.45) is -3.50. The fourth-order valence-electron chi connectivity index (χ4n) is 3.70. The van der Waals surface area contributed by atoms with Crippen LogP contribution < -0.4 is 5.32 Å². The van der Waals surface area contributed by atoms with E-state index in [-0.39, 0.29) is 5.69 Å². The Hall–Kier alpha value is -3.12. The summed E-state index contributed by atoms with van der Waals surface area (Å²) in [5.41, 5.74) is 6.02. The number of nitrogens with one attached hydrogen (secondary N) is 1. The normalized spacial score (nSPS) is 12.5. The monoisotopic (exact) mass is 408 g/mol. The van der Waals surface area contributed by atoms with Crippen molar-refractivity contribution in [2.24, 2.45) is 0 Å². The first-order chi connectivity index (χ1) is 14.0. The molecule has 0 spiro atoms. The van der Waals surface area contributed by atoms with Crippen molar-refractivity contribution in [2.45, 2.75) is 12.6 Å². The lowest BCUT2D eigenvalue weighted by atomic mass is 10.0. The topological polar surface area (TPSA) is 24.9 Å². The molecule has 29 heavy (non-hydrogen) atoms. The third-order valence-corrected chi connectivity index (χ3v) is 5.83. The maximum atomic E-state index is 13.2. The largest absolute Gasteiger partial charge is 0.418 e. The number of hydrogen-bond donors (Lipinski definition) is 1. The second kappa shape index (κ2) is 6.74. The quantitative estimate of drug-likeness (QED) is 0.343. The molecule has 1 heterocycles. The van der Waals surface area contributed by atoms with E-state index >= 15 is 0 Å². The Morgan fingerprint density at radius 2 is 1.62 bits per heavy atom. The van der Waals surface area contributed by atoms with E-state index in [1.54, 1.807) is 6.07 Å². The third kappa shape index (κ3) is 3.29. The molecule has 5 rings (SSSR count). The highest BCUT2D eigenvalue weighted by Crippen LogP contribution is 2.40. The van der Waals surface area contributed by atoms with E-state index in [0.29, 0.717) is 5.13 Å². The lowest BCUT2D eigenvalue weighted by Crippen LogP contribution is -2.08. The highest BCUT2D eigenvalue weighted by molar-refractivity contribution is 7.14. The number of alkyl halides is 3. The number of benzene rings is 3. The van der Waals surface area contributed by atoms with Crippen molar-refractivity contribution in [1.29, 1.82) is 0 Å². The number of thiazole rings is 1. The van der Waals surface area contributed by atoms with E-state index < -0.39 is 11.7 Å². The van der Waals surface area contributed by atoms with Crippen molar-refractivity contribution < 1.29 is 13.2 Å². The first-order valence-electron chi connectivity index (χ1n) is 9.09. The summed E-state index contributed by atoms with van der Waals surface area (Å²) in [5.74, 6) is 0. The minimum Gasteiger partial charge on any atom is -0.331 e. The van der Waals surface area contributed by atoms with Crippen LogP contribution in [-0.2, 0) is 12.6 Å². The number of hydrogen-bond acceptors (Lipinski definition) is 3. The number of fused-ring (bicyclic) bond motifs is 3. The molecule has 0 saturated heterocycles. The van der Waals surface area contributed by atoms with Gasteiger partial charge in [-0.1, -0.05) is 48.5 Å². The van der Waals surface area contributed by atoms with Crippen molar-refractivity contribution in [3.63, 3.8) is 0 Å². The Morgan fingerprint density at radius 3 is 2.48 bits per heavy atom. The maximum absolute atomic E-state index is 13.2. The number of para-hydroxylation sites is 1. The molecule has 0 fully saturated rings. The van der Waals surface area contributed by atoms with E-state index in [1.165, 1.54) is 45.7 Å². The fraction of sp³-hybridized carbons (Fsp3) is 0.0870. The van der Waals surface area contributed by atoms with Crippen LogP contribution in [0.1, 0.15) is 16.7 Å². The van der Waals surface area contributed by atoms with Crippen LogP contribution in [0.15, 0.2) is 72.1 Å². The molecule has 0 unspecified atom stereocenters. The van der Waals surface area contributed by atoms with Crippen LogP contribution in [0.2, 0.25) is 0 Å².